The Morgan fingerprint density at radius 3 is 1.24 bits per heavy atom. The highest BCUT2D eigenvalue weighted by Gasteiger charge is 2.23. The van der Waals surface area contributed by atoms with Crippen LogP contribution in [0.25, 0.3) is 0 Å². The van der Waals surface area contributed by atoms with E-state index >= 15 is 0 Å². The number of cyclic esters (lactones) is 2. The summed E-state index contributed by atoms with van der Waals surface area (Å²) in [5, 5.41) is 28.5. The summed E-state index contributed by atoms with van der Waals surface area (Å²) in [4.78, 5) is 46.8. The summed E-state index contributed by atoms with van der Waals surface area (Å²) >= 11 is 5.27. The number of hydrogen-bond donors (Lipinski definition) is 3. The lowest BCUT2D eigenvalue weighted by atomic mass is 9.96. The average Bonchev–Trinajstić information content (AvgIpc) is 1.45. The maximum Gasteiger partial charge on any atom is 0.314 e. The molecule has 0 saturated carbocycles. The number of phenols is 1. The van der Waals surface area contributed by atoms with E-state index in [2.05, 4.69) is 82.4 Å². The Morgan fingerprint density at radius 2 is 0.861 bits per heavy atom. The van der Waals surface area contributed by atoms with Gasteiger partial charge in [-0.3, -0.25) is 19.2 Å². The van der Waals surface area contributed by atoms with E-state index in [9.17, 15) is 29.4 Å². The van der Waals surface area contributed by atoms with Crippen molar-refractivity contribution in [2.75, 3.05) is 102 Å². The number of epoxide rings is 2. The number of methoxy groups -OCH3 is 4. The van der Waals surface area contributed by atoms with Crippen LogP contribution in [0.2, 0.25) is 0 Å². The van der Waals surface area contributed by atoms with Crippen molar-refractivity contribution < 1.29 is 81.9 Å². The number of carboxylic acid groups (broad SMARTS) is 1. The van der Waals surface area contributed by atoms with Crippen LogP contribution in [0.4, 0.5) is 0 Å². The molecule has 3 aliphatic heterocycles. The van der Waals surface area contributed by atoms with E-state index in [1.807, 2.05) is 148 Å². The number of carboxylic acids is 1. The second-order valence-corrected chi connectivity index (χ2v) is 26.7. The van der Waals surface area contributed by atoms with Crippen molar-refractivity contribution in [1.29, 1.82) is 0 Å². The molecule has 3 N–H and O–H groups in total. The van der Waals surface area contributed by atoms with Gasteiger partial charge in [0.25, 0.3) is 0 Å². The molecule has 108 heavy (non-hydrogen) atoms. The third kappa shape index (κ3) is 37.4. The van der Waals surface area contributed by atoms with Gasteiger partial charge in [0.15, 0.2) is 0 Å². The van der Waals surface area contributed by atoms with Crippen LogP contribution in [-0.4, -0.2) is 175 Å². The average molecular weight is 1510 g/mol. The highest BCUT2D eigenvalue weighted by Crippen LogP contribution is 2.27. The summed E-state index contributed by atoms with van der Waals surface area (Å²) < 4.78 is 52.6. The van der Waals surface area contributed by atoms with Gasteiger partial charge in [0.05, 0.1) is 91.5 Å². The zero-order chi connectivity index (χ0) is 77.0. The topological polar surface area (TPSA) is 234 Å². The Bertz CT molecular complexity index is 3880. The van der Waals surface area contributed by atoms with Crippen molar-refractivity contribution in [2.45, 2.75) is 135 Å². The Kier molecular flexibility index (Phi) is 42.1. The van der Waals surface area contributed by atoms with Crippen LogP contribution in [-0.2, 0) is 95.9 Å². The molecule has 19 nitrogen and oxygen atoms in total. The minimum atomic E-state index is -1.02. The molecule has 0 spiro atoms. The van der Waals surface area contributed by atoms with E-state index in [1.165, 1.54) is 33.4 Å². The van der Waals surface area contributed by atoms with E-state index < -0.39 is 36.1 Å². The van der Waals surface area contributed by atoms with Crippen LogP contribution in [0, 0.1) is 0 Å². The first kappa shape index (κ1) is 89.2. The Labute approximate surface area is 644 Å². The molecule has 584 valence electrons. The summed E-state index contributed by atoms with van der Waals surface area (Å²) in [5.74, 6) is 3.84. The number of ether oxygens (including phenoxy) is 10. The minimum Gasteiger partial charge on any atom is -0.508 e. The number of halogens is 1. The number of aromatic hydroxyl groups is 1. The molecule has 8 aromatic rings. The second kappa shape index (κ2) is 51.0. The lowest BCUT2D eigenvalue weighted by Gasteiger charge is -2.21. The van der Waals surface area contributed by atoms with E-state index in [0.29, 0.717) is 43.3 Å². The van der Waals surface area contributed by atoms with Crippen LogP contribution in [0.5, 0.6) is 40.2 Å². The van der Waals surface area contributed by atoms with Gasteiger partial charge < -0.3 is 72.5 Å². The van der Waals surface area contributed by atoms with Gasteiger partial charge in [0.1, 0.15) is 59.6 Å². The number of para-hydroxylation sites is 3. The predicted molar refractivity (Wildman–Crippen MR) is 425 cm³/mol. The molecular formula is C88H113ClN2O17. The van der Waals surface area contributed by atoms with Gasteiger partial charge >= 0.3 is 23.9 Å². The van der Waals surface area contributed by atoms with Gasteiger partial charge in [-0.05, 0) is 216 Å². The van der Waals surface area contributed by atoms with E-state index in [-0.39, 0.29) is 39.7 Å². The summed E-state index contributed by atoms with van der Waals surface area (Å²) in [6.45, 7) is 3.93. The quantitative estimate of drug-likeness (QED) is 0.0143. The van der Waals surface area contributed by atoms with E-state index in [1.54, 1.807) is 34.5 Å². The molecule has 3 heterocycles. The molecule has 3 saturated heterocycles. The van der Waals surface area contributed by atoms with Crippen LogP contribution >= 0.6 is 11.6 Å². The predicted octanol–water partition coefficient (Wildman–Crippen LogP) is 14.9. The van der Waals surface area contributed by atoms with Crippen molar-refractivity contribution in [2.24, 2.45) is 0 Å². The number of rotatable bonds is 36. The maximum absolute atomic E-state index is 12.0. The molecule has 0 aromatic heterocycles. The number of benzene rings is 8. The Hall–Kier alpha value is -9.47. The standard InChI is InChI=1S/C25H33NO6.C21H29NO3.C19H22O2.C15H16O2.C4H4O3.C3H5ClO.CH4/c1-26(2)16-15-22(32-25(29)14-13-24(27)28)18-31-23-10-5-4-8-20(23)12-11-19-7-6-9-21(17-19)30-3;1-22(2)14-13-19(23)16-25-21-10-5-4-8-18(21)12-11-17-7-6-9-20(15-17)24-3;1-20-18-8-4-5-15(13-18)9-10-16-6-2-3-7-17(16)11-12-19-14-21-19;1-17-14-7-4-5-12(11-14)9-10-13-6-2-3-8-15(13)16;5-3-1-2-4(6)7-3;4-1-3-2-5-3;/h4-10,17,22H,11-16,18H2,1-3H3,(H,27,28);4-10,15,19,23H,11-14,16H2,1-3H3;2-8,13,19H,9-12,14H2,1H3;2-8,11,16H,9-10H2,1H3;1-2H2;3H,1-2H2;1H4. The number of aliphatic hydroxyl groups is 1. The van der Waals surface area contributed by atoms with Crippen molar-refractivity contribution >= 4 is 35.5 Å². The van der Waals surface area contributed by atoms with Gasteiger partial charge in [0, 0.05) is 19.5 Å². The first-order valence-electron chi connectivity index (χ1n) is 36.5. The Morgan fingerprint density at radius 1 is 0.481 bits per heavy atom. The number of nitrogens with zero attached hydrogens (tertiary/aromatic N) is 2. The third-order valence-electron chi connectivity index (χ3n) is 17.3. The molecule has 0 amide bonds. The fraction of sp³-hybridized carbons (Fsp3) is 0.409. The molecule has 4 atom stereocenters. The lowest BCUT2D eigenvalue weighted by Crippen LogP contribution is -2.29. The van der Waals surface area contributed by atoms with E-state index in [4.69, 9.17) is 59.3 Å². The molecule has 3 fully saturated rings. The smallest absolute Gasteiger partial charge is 0.314 e. The molecule has 0 bridgehead atoms. The number of aliphatic hydroxyl groups excluding tert-OH is 1. The monoisotopic (exact) mass is 1500 g/mol. The molecule has 20 heteroatoms. The molecule has 3 aliphatic rings. The number of carbonyl (C=O) groups excluding carboxylic acids is 3. The molecule has 0 radical (unpaired) electrons. The first-order chi connectivity index (χ1) is 51.8. The number of carbonyl (C=O) groups is 4. The molecular weight excluding hydrogens is 1390 g/mol. The van der Waals surface area contributed by atoms with E-state index in [0.717, 1.165) is 142 Å². The summed E-state index contributed by atoms with van der Waals surface area (Å²) in [5.41, 5.74) is 11.1. The number of phenolic OH excluding ortho intramolecular Hbond substituents is 1. The zero-order valence-corrected chi connectivity index (χ0v) is 64.1. The highest BCUT2D eigenvalue weighted by molar-refractivity contribution is 6.18. The number of aryl methyl sites for hydroxylation is 9. The highest BCUT2D eigenvalue weighted by atomic mass is 35.5. The molecule has 4 unspecified atom stereocenters. The lowest BCUT2D eigenvalue weighted by molar-refractivity contribution is -0.154. The van der Waals surface area contributed by atoms with Crippen LogP contribution in [0.15, 0.2) is 194 Å². The number of hydrogen-bond acceptors (Lipinski definition) is 18. The van der Waals surface area contributed by atoms with Crippen molar-refractivity contribution in [1.82, 2.24) is 9.80 Å². The van der Waals surface area contributed by atoms with Gasteiger partial charge in [-0.2, -0.15) is 0 Å². The SMILES string of the molecule is C.COc1cccc(CCc2ccccc2CCC2CO2)c1.COc1cccc(CCc2ccccc2O)c1.COc1cccc(CCc2ccccc2OCC(CCN(C)C)OC(=O)CCC(=O)O)c1.COc1cccc(CCc2ccccc2OCC(O)CCN(C)C)c1.ClCC1CO1.O=C1CCC(=O)O1. The molecule has 8 aromatic carbocycles. The first-order valence-corrected chi connectivity index (χ1v) is 37.0. The minimum absolute atomic E-state index is 0. The fourth-order valence-electron chi connectivity index (χ4n) is 10.9. The van der Waals surface area contributed by atoms with Crippen LogP contribution < -0.4 is 28.4 Å². The Balaban J connectivity index is 0.000000248. The molecule has 11 rings (SSSR count). The fourth-order valence-corrected chi connectivity index (χ4v) is 11.1. The van der Waals surface area contributed by atoms with Gasteiger partial charge in [-0.25, -0.2) is 0 Å². The normalized spacial score (nSPS) is 14.0. The van der Waals surface area contributed by atoms with Gasteiger partial charge in [-0.1, -0.05) is 135 Å². The van der Waals surface area contributed by atoms with Crippen LogP contribution in [0.1, 0.15) is 102 Å². The zero-order valence-electron chi connectivity index (χ0n) is 63.4. The van der Waals surface area contributed by atoms with Crippen LogP contribution in [0.3, 0.4) is 0 Å². The summed E-state index contributed by atoms with van der Waals surface area (Å²) in [6, 6.07) is 64.6. The number of alkyl halides is 1. The van der Waals surface area contributed by atoms with Crippen molar-refractivity contribution in [3.8, 4) is 40.2 Å². The maximum atomic E-state index is 12.0. The second-order valence-electron chi connectivity index (χ2n) is 26.4. The summed E-state index contributed by atoms with van der Waals surface area (Å²) in [6.07, 6.45) is 11.0. The van der Waals surface area contributed by atoms with Crippen molar-refractivity contribution in [3.05, 3.63) is 244 Å². The largest absolute Gasteiger partial charge is 0.508 e. The third-order valence-corrected chi connectivity index (χ3v) is 17.6. The number of aliphatic carboxylic acids is 1. The summed E-state index contributed by atoms with van der Waals surface area (Å²) in [7, 11) is 14.6. The van der Waals surface area contributed by atoms with Gasteiger partial charge in [0.2, 0.25) is 0 Å². The van der Waals surface area contributed by atoms with Gasteiger partial charge in [-0.15, -0.1) is 11.6 Å². The molecule has 0 aliphatic carbocycles. The van der Waals surface area contributed by atoms with Crippen molar-refractivity contribution in [3.63, 3.8) is 0 Å². The number of esters is 3.